The van der Waals surface area contributed by atoms with Crippen LogP contribution in [-0.2, 0) is 4.74 Å². The fourth-order valence-electron chi connectivity index (χ4n) is 2.49. The van der Waals surface area contributed by atoms with Crippen LogP contribution in [0.15, 0.2) is 0 Å². The second-order valence-electron chi connectivity index (χ2n) is 4.84. The van der Waals surface area contributed by atoms with Crippen LogP contribution in [0.2, 0.25) is 0 Å². The predicted molar refractivity (Wildman–Crippen MR) is 70.1 cm³/mol. The van der Waals surface area contributed by atoms with E-state index >= 15 is 0 Å². The molecule has 1 atom stereocenters. The second kappa shape index (κ2) is 6.31. The molecule has 4 nitrogen and oxygen atoms in total. The minimum Gasteiger partial charge on any atom is -0.401 e. The van der Waals surface area contributed by atoms with E-state index < -0.39 is 0 Å². The lowest BCUT2D eigenvalue weighted by Gasteiger charge is -2.22. The molecule has 1 amide bonds. The summed E-state index contributed by atoms with van der Waals surface area (Å²) in [6.45, 7) is 0.957. The van der Waals surface area contributed by atoms with Crippen LogP contribution >= 0.6 is 12.2 Å². The molecule has 1 heterocycles. The molecule has 2 aliphatic rings. The fraction of sp³-hybridized carbons (Fsp3) is 0.833. The third-order valence-electron chi connectivity index (χ3n) is 3.47. The van der Waals surface area contributed by atoms with Gasteiger partial charge in [-0.3, -0.25) is 0 Å². The Morgan fingerprint density at radius 3 is 2.59 bits per heavy atom. The smallest absolute Gasteiger partial charge is 0.401 e. The maximum atomic E-state index is 11.6. The van der Waals surface area contributed by atoms with Crippen LogP contribution < -0.4 is 10.6 Å². The zero-order chi connectivity index (χ0) is 12.1. The lowest BCUT2D eigenvalue weighted by Crippen LogP contribution is -2.40. The first kappa shape index (κ1) is 12.8. The van der Waals surface area contributed by atoms with Gasteiger partial charge in [0.05, 0.1) is 6.04 Å². The van der Waals surface area contributed by atoms with Gasteiger partial charge in [-0.1, -0.05) is 19.3 Å². The van der Waals surface area contributed by atoms with Crippen molar-refractivity contribution < 1.29 is 9.53 Å². The summed E-state index contributed by atoms with van der Waals surface area (Å²) in [5.41, 5.74) is 0. The van der Waals surface area contributed by atoms with E-state index in [0.29, 0.717) is 5.05 Å². The Morgan fingerprint density at radius 2 is 1.94 bits per heavy atom. The predicted octanol–water partition coefficient (Wildman–Crippen LogP) is 2.12. The first-order valence-corrected chi connectivity index (χ1v) is 6.92. The molecular formula is C12H20N2O2S. The molecule has 5 heteroatoms. The number of nitrogens with one attached hydrogen (secondary N) is 2. The van der Waals surface area contributed by atoms with Gasteiger partial charge in [0.1, 0.15) is 0 Å². The van der Waals surface area contributed by atoms with Crippen LogP contribution in [0.4, 0.5) is 4.79 Å². The van der Waals surface area contributed by atoms with Gasteiger partial charge >= 0.3 is 6.09 Å². The maximum Gasteiger partial charge on any atom is 0.413 e. The molecule has 1 aliphatic heterocycles. The highest BCUT2D eigenvalue weighted by Crippen LogP contribution is 2.17. The van der Waals surface area contributed by atoms with Gasteiger partial charge < -0.3 is 15.4 Å². The average Bonchev–Trinajstić information content (AvgIpc) is 2.83. The number of hydrogen-bond acceptors (Lipinski definition) is 4. The first-order chi connectivity index (χ1) is 8.25. The van der Waals surface area contributed by atoms with Gasteiger partial charge in [0.2, 0.25) is 0 Å². The van der Waals surface area contributed by atoms with Gasteiger partial charge in [-0.2, -0.15) is 0 Å². The Hall–Kier alpha value is -0.680. The number of rotatable bonds is 2. The summed E-state index contributed by atoms with van der Waals surface area (Å²) in [7, 11) is 0. The standard InChI is InChI=1S/C12H20N2O2S/c15-12(14-9-5-2-1-3-6-9)16-11(17)10-7-4-8-13-10/h9-10,13H,1-8H2,(H,14,15). The third kappa shape index (κ3) is 3.92. The fourth-order valence-corrected chi connectivity index (χ4v) is 2.77. The lowest BCUT2D eigenvalue weighted by molar-refractivity contribution is 0.188. The molecule has 0 bridgehead atoms. The van der Waals surface area contributed by atoms with Crippen molar-refractivity contribution in [2.75, 3.05) is 6.54 Å². The minimum atomic E-state index is -0.379. The Kier molecular flexibility index (Phi) is 4.74. The van der Waals surface area contributed by atoms with Crippen molar-refractivity contribution in [3.63, 3.8) is 0 Å². The van der Waals surface area contributed by atoms with Crippen molar-refractivity contribution in [3.05, 3.63) is 0 Å². The molecule has 2 fully saturated rings. The van der Waals surface area contributed by atoms with E-state index in [2.05, 4.69) is 10.6 Å². The molecule has 1 saturated heterocycles. The molecule has 1 aliphatic carbocycles. The third-order valence-corrected chi connectivity index (χ3v) is 3.83. The van der Waals surface area contributed by atoms with Crippen molar-refractivity contribution in [2.45, 2.75) is 57.0 Å². The van der Waals surface area contributed by atoms with E-state index in [1.165, 1.54) is 19.3 Å². The summed E-state index contributed by atoms with van der Waals surface area (Å²) >= 11 is 5.11. The van der Waals surface area contributed by atoms with Crippen molar-refractivity contribution in [1.29, 1.82) is 0 Å². The average molecular weight is 256 g/mol. The highest BCUT2D eigenvalue weighted by atomic mass is 32.1. The largest absolute Gasteiger partial charge is 0.413 e. The van der Waals surface area contributed by atoms with E-state index in [-0.39, 0.29) is 18.2 Å². The summed E-state index contributed by atoms with van der Waals surface area (Å²) in [4.78, 5) is 11.6. The number of carbonyl (C=O) groups excluding carboxylic acids is 1. The summed E-state index contributed by atoms with van der Waals surface area (Å²) < 4.78 is 5.16. The SMILES string of the molecule is O=C(NC1CCCCC1)OC(=S)C1CCCN1. The molecule has 0 spiro atoms. The van der Waals surface area contributed by atoms with Crippen LogP contribution in [0.5, 0.6) is 0 Å². The zero-order valence-electron chi connectivity index (χ0n) is 10.0. The molecule has 96 valence electrons. The van der Waals surface area contributed by atoms with Crippen LogP contribution in [0.1, 0.15) is 44.9 Å². The van der Waals surface area contributed by atoms with Crippen molar-refractivity contribution in [2.24, 2.45) is 0 Å². The van der Waals surface area contributed by atoms with Gasteiger partial charge in [0.15, 0.2) is 5.05 Å². The Balaban J connectivity index is 1.70. The number of alkyl carbamates (subject to hydrolysis) is 1. The monoisotopic (exact) mass is 256 g/mol. The van der Waals surface area contributed by atoms with E-state index in [1.54, 1.807) is 0 Å². The van der Waals surface area contributed by atoms with Crippen LogP contribution in [0.25, 0.3) is 0 Å². The first-order valence-electron chi connectivity index (χ1n) is 6.51. The summed E-state index contributed by atoms with van der Waals surface area (Å²) in [6.07, 6.45) is 7.47. The molecule has 1 unspecified atom stereocenters. The quantitative estimate of drug-likeness (QED) is 0.743. The van der Waals surface area contributed by atoms with E-state index in [4.69, 9.17) is 17.0 Å². The number of amides is 1. The second-order valence-corrected chi connectivity index (χ2v) is 5.24. The summed E-state index contributed by atoms with van der Waals surface area (Å²) in [6, 6.07) is 0.345. The molecule has 0 aromatic rings. The summed E-state index contributed by atoms with van der Waals surface area (Å²) in [5.74, 6) is 0. The van der Waals surface area contributed by atoms with E-state index in [1.807, 2.05) is 0 Å². The molecule has 0 aromatic carbocycles. The van der Waals surface area contributed by atoms with Gasteiger partial charge in [-0.25, -0.2) is 4.79 Å². The molecule has 2 rings (SSSR count). The van der Waals surface area contributed by atoms with E-state index in [0.717, 1.165) is 32.2 Å². The minimum absolute atomic E-state index is 0.0714. The molecular weight excluding hydrogens is 236 g/mol. The normalized spacial score (nSPS) is 25.5. The maximum absolute atomic E-state index is 11.6. The van der Waals surface area contributed by atoms with Gasteiger partial charge in [-0.05, 0) is 44.4 Å². The van der Waals surface area contributed by atoms with Gasteiger partial charge in [-0.15, -0.1) is 0 Å². The van der Waals surface area contributed by atoms with Crippen LogP contribution in [0, 0.1) is 0 Å². The van der Waals surface area contributed by atoms with Crippen LogP contribution in [-0.4, -0.2) is 29.8 Å². The Labute approximate surface area is 107 Å². The van der Waals surface area contributed by atoms with Gasteiger partial charge in [0, 0.05) is 6.04 Å². The Bertz CT molecular complexity index is 284. The number of carbonyl (C=O) groups is 1. The Morgan fingerprint density at radius 1 is 1.18 bits per heavy atom. The molecule has 0 aromatic heterocycles. The van der Waals surface area contributed by atoms with E-state index in [9.17, 15) is 4.79 Å². The molecule has 2 N–H and O–H groups in total. The lowest BCUT2D eigenvalue weighted by atomic mass is 9.96. The molecule has 17 heavy (non-hydrogen) atoms. The van der Waals surface area contributed by atoms with Crippen molar-refractivity contribution in [1.82, 2.24) is 10.6 Å². The van der Waals surface area contributed by atoms with Gasteiger partial charge in [0.25, 0.3) is 0 Å². The molecule has 1 saturated carbocycles. The highest BCUT2D eigenvalue weighted by Gasteiger charge is 2.23. The zero-order valence-corrected chi connectivity index (χ0v) is 10.9. The van der Waals surface area contributed by atoms with Crippen molar-refractivity contribution in [3.8, 4) is 0 Å². The number of thiocarbonyl (C=S) groups is 1. The van der Waals surface area contributed by atoms with Crippen LogP contribution in [0.3, 0.4) is 0 Å². The number of hydrogen-bond donors (Lipinski definition) is 2. The molecule has 0 radical (unpaired) electrons. The number of ether oxygens (including phenoxy) is 1. The highest BCUT2D eigenvalue weighted by molar-refractivity contribution is 7.80. The van der Waals surface area contributed by atoms with Crippen molar-refractivity contribution >= 4 is 23.4 Å². The summed E-state index contributed by atoms with van der Waals surface area (Å²) in [5, 5.41) is 6.50. The topological polar surface area (TPSA) is 50.4 Å².